The Morgan fingerprint density at radius 1 is 0.493 bits per heavy atom. The Morgan fingerprint density at radius 2 is 0.901 bits per heavy atom. The maximum absolute atomic E-state index is 13.1. The third kappa shape index (κ3) is 22.6. The molecule has 71 heavy (non-hydrogen) atoms. The molecule has 3 fully saturated rings. The highest BCUT2D eigenvalue weighted by Crippen LogP contribution is 2.33. The van der Waals surface area contributed by atoms with Crippen LogP contribution in [-0.4, -0.2) is 193 Å². The number of nitrogens with one attached hydrogen (secondary N) is 1. The molecule has 416 valence electrons. The second kappa shape index (κ2) is 37.1. The molecule has 0 aliphatic carbocycles. The van der Waals surface area contributed by atoms with E-state index in [9.17, 15) is 61.0 Å². The van der Waals surface area contributed by atoms with Crippen molar-refractivity contribution in [3.8, 4) is 0 Å². The molecule has 1 amide bonds. The summed E-state index contributed by atoms with van der Waals surface area (Å²) in [6.45, 7) is 1.62. The SMILES string of the molecule is CCCCCCCCCCCCCCC/C=C/CC/C=C/C(O)C(COC1OC(CO)C(OC2OC(CO)C(OC3OC(CO)C(O)C(O)C3O)C(O)C2O)C(O)C1O)NC(=O)CCCCCCCCC. The van der Waals surface area contributed by atoms with E-state index in [0.29, 0.717) is 12.8 Å². The van der Waals surface area contributed by atoms with Crippen molar-refractivity contribution >= 4 is 5.91 Å². The van der Waals surface area contributed by atoms with Crippen LogP contribution >= 0.6 is 0 Å². The van der Waals surface area contributed by atoms with E-state index in [-0.39, 0.29) is 18.9 Å². The molecule has 0 spiro atoms. The highest BCUT2D eigenvalue weighted by Gasteiger charge is 2.53. The Balaban J connectivity index is 1.52. The zero-order valence-electron chi connectivity index (χ0n) is 42.7. The maximum Gasteiger partial charge on any atom is 0.220 e. The van der Waals surface area contributed by atoms with Crippen molar-refractivity contribution in [1.82, 2.24) is 5.32 Å². The summed E-state index contributed by atoms with van der Waals surface area (Å²) in [4.78, 5) is 13.1. The summed E-state index contributed by atoms with van der Waals surface area (Å²) in [7, 11) is 0. The average Bonchev–Trinajstić information content (AvgIpc) is 3.36. The average molecular weight is 1020 g/mol. The highest BCUT2D eigenvalue weighted by atomic mass is 16.8. The van der Waals surface area contributed by atoms with Crippen molar-refractivity contribution in [2.75, 3.05) is 26.4 Å². The van der Waals surface area contributed by atoms with E-state index < -0.39 is 124 Å². The van der Waals surface area contributed by atoms with Gasteiger partial charge in [-0.05, 0) is 32.1 Å². The molecular formula is C52H95NO18. The standard InChI is InChI=1S/C52H95NO18/c1-3-5-7-9-11-12-13-14-15-16-17-18-19-20-21-22-24-25-27-29-36(57)35(53-40(58)30-28-26-23-10-8-6-4-2)34-66-50-46(64)43(61)48(38(32-55)68-50)71-52-47(65)44(62)49(39(33-56)69-52)70-51-45(63)42(60)41(59)37(31-54)67-51/h21-22,27,29,35-39,41-52,54-57,59-65H,3-20,23-26,28,30-34H2,1-2H3,(H,53,58)/b22-21+,29-27+. The number of carbonyl (C=O) groups is 1. The van der Waals surface area contributed by atoms with E-state index in [1.807, 2.05) is 6.08 Å². The second-order valence-corrected chi connectivity index (χ2v) is 19.7. The van der Waals surface area contributed by atoms with Gasteiger partial charge < -0.3 is 89.9 Å². The molecule has 0 saturated carbocycles. The smallest absolute Gasteiger partial charge is 0.220 e. The van der Waals surface area contributed by atoms with Gasteiger partial charge in [0.2, 0.25) is 5.91 Å². The van der Waals surface area contributed by atoms with Gasteiger partial charge in [0.15, 0.2) is 18.9 Å². The number of aliphatic hydroxyl groups excluding tert-OH is 11. The Kier molecular flexibility index (Phi) is 33.2. The Bertz CT molecular complexity index is 1410. The van der Waals surface area contributed by atoms with E-state index >= 15 is 0 Å². The lowest BCUT2D eigenvalue weighted by atomic mass is 9.96. The van der Waals surface area contributed by atoms with Crippen LogP contribution in [-0.2, 0) is 33.2 Å². The number of hydrogen-bond acceptors (Lipinski definition) is 18. The second-order valence-electron chi connectivity index (χ2n) is 19.7. The number of ether oxygens (including phenoxy) is 6. The third-order valence-corrected chi connectivity index (χ3v) is 13.8. The molecule has 3 heterocycles. The van der Waals surface area contributed by atoms with Gasteiger partial charge in [-0.15, -0.1) is 0 Å². The van der Waals surface area contributed by atoms with E-state index in [4.69, 9.17) is 28.4 Å². The molecule has 19 heteroatoms. The number of unbranched alkanes of at least 4 members (excludes halogenated alkanes) is 20. The minimum absolute atomic E-state index is 0.235. The number of amides is 1. The van der Waals surface area contributed by atoms with Crippen LogP contribution in [0.1, 0.15) is 168 Å². The van der Waals surface area contributed by atoms with Crippen molar-refractivity contribution < 1.29 is 89.4 Å². The van der Waals surface area contributed by atoms with Crippen LogP contribution in [0.5, 0.6) is 0 Å². The highest BCUT2D eigenvalue weighted by molar-refractivity contribution is 5.76. The Morgan fingerprint density at radius 3 is 1.41 bits per heavy atom. The van der Waals surface area contributed by atoms with Crippen molar-refractivity contribution in [3.63, 3.8) is 0 Å². The first kappa shape index (κ1) is 63.6. The van der Waals surface area contributed by atoms with Gasteiger partial charge in [-0.2, -0.15) is 0 Å². The summed E-state index contributed by atoms with van der Waals surface area (Å²) < 4.78 is 34.1. The molecule has 0 aromatic carbocycles. The summed E-state index contributed by atoms with van der Waals surface area (Å²) in [5.41, 5.74) is 0. The molecule has 0 bridgehead atoms. The van der Waals surface area contributed by atoms with Crippen molar-refractivity contribution in [1.29, 1.82) is 0 Å². The first-order valence-corrected chi connectivity index (χ1v) is 27.1. The summed E-state index contributed by atoms with van der Waals surface area (Å²) in [5, 5.41) is 119. The molecule has 17 unspecified atom stereocenters. The number of carbonyl (C=O) groups excluding carboxylic acids is 1. The minimum Gasteiger partial charge on any atom is -0.394 e. The molecule has 3 aliphatic rings. The molecule has 3 rings (SSSR count). The van der Waals surface area contributed by atoms with Crippen LogP contribution < -0.4 is 5.32 Å². The van der Waals surface area contributed by atoms with Gasteiger partial charge >= 0.3 is 0 Å². The summed E-state index contributed by atoms with van der Waals surface area (Å²) >= 11 is 0. The number of rotatable bonds is 38. The quantitative estimate of drug-likeness (QED) is 0.0313. The van der Waals surface area contributed by atoms with Gasteiger partial charge in [-0.25, -0.2) is 0 Å². The lowest BCUT2D eigenvalue weighted by molar-refractivity contribution is -0.379. The zero-order chi connectivity index (χ0) is 52.0. The topological polar surface area (TPSA) is 307 Å². The minimum atomic E-state index is -1.98. The number of allylic oxidation sites excluding steroid dienone is 3. The number of hydrogen-bond donors (Lipinski definition) is 12. The molecule has 3 aliphatic heterocycles. The molecule has 3 saturated heterocycles. The van der Waals surface area contributed by atoms with Gasteiger partial charge in [0.05, 0.1) is 38.6 Å². The lowest BCUT2D eigenvalue weighted by Gasteiger charge is -2.48. The zero-order valence-corrected chi connectivity index (χ0v) is 42.7. The van der Waals surface area contributed by atoms with Gasteiger partial charge in [0, 0.05) is 6.42 Å². The summed E-state index contributed by atoms with van der Waals surface area (Å²) in [6, 6.07) is -0.982. The van der Waals surface area contributed by atoms with Crippen LogP contribution in [0, 0.1) is 0 Å². The maximum atomic E-state index is 13.1. The predicted octanol–water partition coefficient (Wildman–Crippen LogP) is 2.81. The van der Waals surface area contributed by atoms with Gasteiger partial charge in [0.1, 0.15) is 73.2 Å². The van der Waals surface area contributed by atoms with E-state index in [1.165, 1.54) is 83.5 Å². The van der Waals surface area contributed by atoms with E-state index in [2.05, 4.69) is 31.3 Å². The van der Waals surface area contributed by atoms with Gasteiger partial charge in [-0.1, -0.05) is 154 Å². The fourth-order valence-electron chi connectivity index (χ4n) is 9.20. The molecule has 0 aromatic rings. The largest absolute Gasteiger partial charge is 0.394 e. The summed E-state index contributed by atoms with van der Waals surface area (Å²) in [5.74, 6) is -0.294. The van der Waals surface area contributed by atoms with Crippen molar-refractivity contribution in [2.45, 2.75) is 272 Å². The molecule has 12 N–H and O–H groups in total. The monoisotopic (exact) mass is 1020 g/mol. The Labute approximate surface area is 422 Å². The van der Waals surface area contributed by atoms with Crippen molar-refractivity contribution in [2.24, 2.45) is 0 Å². The van der Waals surface area contributed by atoms with Crippen LogP contribution in [0.3, 0.4) is 0 Å². The normalized spacial score (nSPS) is 32.4. The third-order valence-electron chi connectivity index (χ3n) is 13.8. The van der Waals surface area contributed by atoms with Gasteiger partial charge in [0.25, 0.3) is 0 Å². The fourth-order valence-corrected chi connectivity index (χ4v) is 9.20. The van der Waals surface area contributed by atoms with E-state index in [0.717, 1.165) is 51.4 Å². The summed E-state index contributed by atoms with van der Waals surface area (Å²) in [6.07, 6.45) is 7.86. The van der Waals surface area contributed by atoms with Crippen molar-refractivity contribution in [3.05, 3.63) is 24.3 Å². The van der Waals surface area contributed by atoms with Crippen LogP contribution in [0.4, 0.5) is 0 Å². The predicted molar refractivity (Wildman–Crippen MR) is 263 cm³/mol. The first-order chi connectivity index (χ1) is 34.3. The number of aliphatic hydroxyl groups is 11. The van der Waals surface area contributed by atoms with Crippen LogP contribution in [0.2, 0.25) is 0 Å². The molecule has 17 atom stereocenters. The van der Waals surface area contributed by atoms with Crippen LogP contribution in [0.25, 0.3) is 0 Å². The molecule has 19 nitrogen and oxygen atoms in total. The Hall–Kier alpha value is -1.73. The van der Waals surface area contributed by atoms with E-state index in [1.54, 1.807) is 6.08 Å². The molecule has 0 radical (unpaired) electrons. The van der Waals surface area contributed by atoms with Crippen LogP contribution in [0.15, 0.2) is 24.3 Å². The van der Waals surface area contributed by atoms with Gasteiger partial charge in [-0.3, -0.25) is 4.79 Å². The molecular weight excluding hydrogens is 927 g/mol. The lowest BCUT2D eigenvalue weighted by Crippen LogP contribution is -2.66. The fraction of sp³-hybridized carbons (Fsp3) is 0.904. The first-order valence-electron chi connectivity index (χ1n) is 27.1. The molecule has 0 aromatic heterocycles.